The van der Waals surface area contributed by atoms with Crippen molar-refractivity contribution in [1.29, 1.82) is 0 Å². The summed E-state index contributed by atoms with van der Waals surface area (Å²) in [6, 6.07) is 3.72. The first-order valence-electron chi connectivity index (χ1n) is 5.46. The number of nitrogens with one attached hydrogen (secondary N) is 1. The first-order chi connectivity index (χ1) is 8.59. The van der Waals surface area contributed by atoms with E-state index in [4.69, 9.17) is 11.6 Å². The predicted octanol–water partition coefficient (Wildman–Crippen LogP) is 1.71. The fourth-order valence-corrected chi connectivity index (χ4v) is 1.92. The van der Waals surface area contributed by atoms with Crippen molar-refractivity contribution in [2.24, 2.45) is 7.05 Å². The molecule has 0 saturated heterocycles. The molecular formula is C12H13ClN4O. The van der Waals surface area contributed by atoms with Crippen LogP contribution < -0.4 is 5.32 Å². The Morgan fingerprint density at radius 1 is 1.56 bits per heavy atom. The van der Waals surface area contributed by atoms with Gasteiger partial charge in [0.2, 0.25) is 0 Å². The number of rotatable bonds is 3. The van der Waals surface area contributed by atoms with Crippen LogP contribution >= 0.6 is 11.6 Å². The van der Waals surface area contributed by atoms with Crippen LogP contribution in [0.3, 0.4) is 0 Å². The first kappa shape index (κ1) is 12.6. The number of nitrogens with zero attached hydrogens (tertiary/aromatic N) is 3. The van der Waals surface area contributed by atoms with Crippen molar-refractivity contribution < 1.29 is 4.79 Å². The summed E-state index contributed by atoms with van der Waals surface area (Å²) in [6.07, 6.45) is 3.39. The first-order valence-corrected chi connectivity index (χ1v) is 5.83. The van der Waals surface area contributed by atoms with E-state index in [1.807, 2.05) is 12.1 Å². The van der Waals surface area contributed by atoms with Crippen LogP contribution in [0.2, 0.25) is 5.15 Å². The lowest BCUT2D eigenvalue weighted by Crippen LogP contribution is -2.23. The Kier molecular flexibility index (Phi) is 3.62. The number of amides is 1. The summed E-state index contributed by atoms with van der Waals surface area (Å²) in [5.41, 5.74) is 1.97. The van der Waals surface area contributed by atoms with E-state index in [-0.39, 0.29) is 5.91 Å². The zero-order valence-electron chi connectivity index (χ0n) is 10.1. The molecule has 5 nitrogen and oxygen atoms in total. The number of pyridine rings is 1. The van der Waals surface area contributed by atoms with E-state index < -0.39 is 0 Å². The maximum absolute atomic E-state index is 12.0. The lowest BCUT2D eigenvalue weighted by molar-refractivity contribution is 0.0950. The van der Waals surface area contributed by atoms with Crippen LogP contribution in [-0.4, -0.2) is 20.7 Å². The van der Waals surface area contributed by atoms with Gasteiger partial charge in [-0.3, -0.25) is 14.5 Å². The summed E-state index contributed by atoms with van der Waals surface area (Å²) < 4.78 is 1.48. The summed E-state index contributed by atoms with van der Waals surface area (Å²) in [4.78, 5) is 16.0. The van der Waals surface area contributed by atoms with Crippen molar-refractivity contribution >= 4 is 17.5 Å². The van der Waals surface area contributed by atoms with Crippen LogP contribution in [0.4, 0.5) is 0 Å². The molecule has 18 heavy (non-hydrogen) atoms. The molecule has 0 aromatic carbocycles. The third-order valence-electron chi connectivity index (χ3n) is 2.56. The maximum atomic E-state index is 12.0. The number of hydrogen-bond donors (Lipinski definition) is 1. The molecule has 2 heterocycles. The predicted molar refractivity (Wildman–Crippen MR) is 68.4 cm³/mol. The van der Waals surface area contributed by atoms with Gasteiger partial charge in [-0.25, -0.2) is 0 Å². The highest BCUT2D eigenvalue weighted by molar-refractivity contribution is 6.33. The number of halogens is 1. The van der Waals surface area contributed by atoms with E-state index in [2.05, 4.69) is 15.4 Å². The lowest BCUT2D eigenvalue weighted by Gasteiger charge is -2.04. The smallest absolute Gasteiger partial charge is 0.256 e. The van der Waals surface area contributed by atoms with Crippen molar-refractivity contribution in [3.63, 3.8) is 0 Å². The minimum absolute atomic E-state index is 0.227. The summed E-state index contributed by atoms with van der Waals surface area (Å²) in [5.74, 6) is -0.227. The van der Waals surface area contributed by atoms with Crippen LogP contribution in [0.1, 0.15) is 21.6 Å². The molecule has 0 aliphatic carbocycles. The Morgan fingerprint density at radius 2 is 2.33 bits per heavy atom. The fourth-order valence-electron chi connectivity index (χ4n) is 1.66. The molecule has 0 unspecified atom stereocenters. The number of aromatic nitrogens is 3. The molecule has 94 valence electrons. The fraction of sp³-hybridized carbons (Fsp3) is 0.250. The average Bonchev–Trinajstić information content (AvgIpc) is 2.62. The average molecular weight is 265 g/mol. The van der Waals surface area contributed by atoms with Gasteiger partial charge in [-0.1, -0.05) is 17.7 Å². The molecule has 6 heteroatoms. The third kappa shape index (κ3) is 2.51. The number of aryl methyl sites for hydroxylation is 2. The van der Waals surface area contributed by atoms with Crippen molar-refractivity contribution in [3.8, 4) is 0 Å². The van der Waals surface area contributed by atoms with Gasteiger partial charge in [0, 0.05) is 26.0 Å². The molecule has 0 saturated carbocycles. The molecule has 2 aromatic heterocycles. The highest BCUT2D eigenvalue weighted by atomic mass is 35.5. The Labute approximate surface area is 110 Å². The van der Waals surface area contributed by atoms with E-state index in [1.165, 1.54) is 4.68 Å². The normalized spacial score (nSPS) is 10.4. The van der Waals surface area contributed by atoms with Crippen LogP contribution in [-0.2, 0) is 13.6 Å². The standard InChI is InChI=1S/C12H13ClN4O/c1-8-10(11(13)17(2)16-8)12(18)15-7-9-4-3-5-14-6-9/h3-6H,7H2,1-2H3,(H,15,18). The molecule has 0 aliphatic rings. The van der Waals surface area contributed by atoms with Gasteiger partial charge in [0.15, 0.2) is 0 Å². The van der Waals surface area contributed by atoms with Crippen LogP contribution in [0.15, 0.2) is 24.5 Å². The molecular weight excluding hydrogens is 252 g/mol. The van der Waals surface area contributed by atoms with Crippen molar-refractivity contribution in [2.45, 2.75) is 13.5 Å². The van der Waals surface area contributed by atoms with Gasteiger partial charge in [0.1, 0.15) is 5.15 Å². The Morgan fingerprint density at radius 3 is 2.89 bits per heavy atom. The Hall–Kier alpha value is -1.88. The highest BCUT2D eigenvalue weighted by Crippen LogP contribution is 2.18. The summed E-state index contributed by atoms with van der Waals surface area (Å²) in [7, 11) is 1.70. The molecule has 1 N–H and O–H groups in total. The number of hydrogen-bond acceptors (Lipinski definition) is 3. The highest BCUT2D eigenvalue weighted by Gasteiger charge is 2.18. The minimum Gasteiger partial charge on any atom is -0.348 e. The largest absolute Gasteiger partial charge is 0.348 e. The van der Waals surface area contributed by atoms with Gasteiger partial charge in [0.05, 0.1) is 11.3 Å². The summed E-state index contributed by atoms with van der Waals surface area (Å²) in [6.45, 7) is 2.17. The molecule has 0 bridgehead atoms. The van der Waals surface area contributed by atoms with Crippen LogP contribution in [0.25, 0.3) is 0 Å². The van der Waals surface area contributed by atoms with E-state index >= 15 is 0 Å². The van der Waals surface area contributed by atoms with Gasteiger partial charge in [-0.05, 0) is 18.6 Å². The minimum atomic E-state index is -0.227. The zero-order valence-corrected chi connectivity index (χ0v) is 10.9. The van der Waals surface area contributed by atoms with Gasteiger partial charge in [0.25, 0.3) is 5.91 Å². The van der Waals surface area contributed by atoms with Crippen molar-refractivity contribution in [1.82, 2.24) is 20.1 Å². The van der Waals surface area contributed by atoms with E-state index in [0.29, 0.717) is 23.0 Å². The van der Waals surface area contributed by atoms with E-state index in [9.17, 15) is 4.79 Å². The van der Waals surface area contributed by atoms with E-state index in [1.54, 1.807) is 26.4 Å². The second-order valence-electron chi connectivity index (χ2n) is 3.92. The van der Waals surface area contributed by atoms with Gasteiger partial charge < -0.3 is 5.32 Å². The zero-order chi connectivity index (χ0) is 13.1. The second kappa shape index (κ2) is 5.18. The quantitative estimate of drug-likeness (QED) is 0.918. The van der Waals surface area contributed by atoms with Crippen LogP contribution in [0, 0.1) is 6.92 Å². The van der Waals surface area contributed by atoms with Crippen molar-refractivity contribution in [3.05, 3.63) is 46.5 Å². The maximum Gasteiger partial charge on any atom is 0.256 e. The van der Waals surface area contributed by atoms with Gasteiger partial charge in [-0.2, -0.15) is 5.10 Å². The Bertz CT molecular complexity index is 565. The monoisotopic (exact) mass is 264 g/mol. The van der Waals surface area contributed by atoms with Crippen LogP contribution in [0.5, 0.6) is 0 Å². The number of carbonyl (C=O) groups is 1. The Balaban J connectivity index is 2.09. The molecule has 1 amide bonds. The topological polar surface area (TPSA) is 59.8 Å². The second-order valence-corrected chi connectivity index (χ2v) is 4.28. The molecule has 0 aliphatic heterocycles. The SMILES string of the molecule is Cc1nn(C)c(Cl)c1C(=O)NCc1cccnc1. The summed E-state index contributed by atoms with van der Waals surface area (Å²) >= 11 is 6.02. The van der Waals surface area contributed by atoms with Gasteiger partial charge >= 0.3 is 0 Å². The third-order valence-corrected chi connectivity index (χ3v) is 2.99. The molecule has 0 fully saturated rings. The van der Waals surface area contributed by atoms with Gasteiger partial charge in [-0.15, -0.1) is 0 Å². The molecule has 0 spiro atoms. The molecule has 0 radical (unpaired) electrons. The van der Waals surface area contributed by atoms with E-state index in [0.717, 1.165) is 5.56 Å². The lowest BCUT2D eigenvalue weighted by atomic mass is 10.2. The molecule has 0 atom stereocenters. The summed E-state index contributed by atoms with van der Waals surface area (Å²) in [5, 5.41) is 7.24. The van der Waals surface area contributed by atoms with Crippen molar-refractivity contribution in [2.75, 3.05) is 0 Å². The molecule has 2 rings (SSSR count). The number of carbonyl (C=O) groups excluding carboxylic acids is 1. The molecule has 2 aromatic rings.